The molecular weight excluding hydrogens is 287 g/mol. The monoisotopic (exact) mass is 305 g/mol. The Morgan fingerprint density at radius 2 is 1.70 bits per heavy atom. The van der Waals surface area contributed by atoms with Crippen molar-refractivity contribution in [3.63, 3.8) is 0 Å². The molecule has 0 spiro atoms. The molecule has 0 bridgehead atoms. The molecule has 1 N–H and O–H groups in total. The second kappa shape index (κ2) is 6.10. The number of alkyl halides is 3. The molecular formula is C14H18F3NOS. The normalized spacial score (nSPS) is 15.7. The standard InChI is InChI=1S/C14H18F3NOS/c1-10(14(15,16)17)12(11-8-6-5-7-9-11)18-20(19)13(2,3)4/h5-9,12,18H,1H2,2-4H3/t12-,20?/m0/s1. The topological polar surface area (TPSA) is 29.1 Å². The second-order valence-corrected chi connectivity index (χ2v) is 7.36. The van der Waals surface area contributed by atoms with Gasteiger partial charge in [-0.2, -0.15) is 13.2 Å². The van der Waals surface area contributed by atoms with Gasteiger partial charge in [-0.15, -0.1) is 0 Å². The van der Waals surface area contributed by atoms with Gasteiger partial charge in [-0.3, -0.25) is 0 Å². The van der Waals surface area contributed by atoms with Crippen molar-refractivity contribution in [1.29, 1.82) is 0 Å². The predicted octanol–water partition coefficient (Wildman–Crippen LogP) is 3.90. The van der Waals surface area contributed by atoms with E-state index < -0.39 is 33.5 Å². The van der Waals surface area contributed by atoms with E-state index >= 15 is 0 Å². The average Bonchev–Trinajstić information content (AvgIpc) is 2.33. The maximum atomic E-state index is 12.9. The zero-order valence-electron chi connectivity index (χ0n) is 11.6. The zero-order chi connectivity index (χ0) is 15.6. The Bertz CT molecular complexity index is 491. The quantitative estimate of drug-likeness (QED) is 0.840. The summed E-state index contributed by atoms with van der Waals surface area (Å²) in [5.41, 5.74) is -0.575. The van der Waals surface area contributed by atoms with Gasteiger partial charge in [-0.05, 0) is 26.3 Å². The Morgan fingerprint density at radius 3 is 2.10 bits per heavy atom. The van der Waals surface area contributed by atoms with E-state index in [4.69, 9.17) is 0 Å². The van der Waals surface area contributed by atoms with E-state index in [2.05, 4.69) is 11.3 Å². The Kier molecular flexibility index (Phi) is 5.15. The van der Waals surface area contributed by atoms with E-state index in [1.165, 1.54) is 0 Å². The van der Waals surface area contributed by atoms with E-state index in [0.29, 0.717) is 5.56 Å². The lowest BCUT2D eigenvalue weighted by Crippen LogP contribution is -2.38. The van der Waals surface area contributed by atoms with Gasteiger partial charge < -0.3 is 0 Å². The smallest absolute Gasteiger partial charge is 0.242 e. The van der Waals surface area contributed by atoms with Crippen molar-refractivity contribution in [2.24, 2.45) is 0 Å². The van der Waals surface area contributed by atoms with Crippen molar-refractivity contribution in [2.45, 2.75) is 37.7 Å². The highest BCUT2D eigenvalue weighted by atomic mass is 32.2. The molecule has 0 radical (unpaired) electrons. The Hall–Kier alpha value is -1.14. The van der Waals surface area contributed by atoms with Crippen molar-refractivity contribution in [3.05, 3.63) is 48.0 Å². The van der Waals surface area contributed by atoms with Crippen molar-refractivity contribution in [2.75, 3.05) is 0 Å². The van der Waals surface area contributed by atoms with E-state index in [9.17, 15) is 17.4 Å². The Balaban J connectivity index is 3.10. The highest BCUT2D eigenvalue weighted by Gasteiger charge is 2.39. The summed E-state index contributed by atoms with van der Waals surface area (Å²) in [6, 6.07) is 6.85. The minimum Gasteiger partial charge on any atom is -0.242 e. The van der Waals surface area contributed by atoms with Crippen LogP contribution in [0.2, 0.25) is 0 Å². The van der Waals surface area contributed by atoms with Crippen LogP contribution < -0.4 is 4.72 Å². The summed E-state index contributed by atoms with van der Waals surface area (Å²) >= 11 is 0. The number of nitrogens with one attached hydrogen (secondary N) is 1. The van der Waals surface area contributed by atoms with Gasteiger partial charge in [0.1, 0.15) is 0 Å². The number of hydrogen-bond acceptors (Lipinski definition) is 1. The molecule has 0 fully saturated rings. The van der Waals surface area contributed by atoms with Crippen molar-refractivity contribution in [3.8, 4) is 0 Å². The lowest BCUT2D eigenvalue weighted by molar-refractivity contribution is -0.0957. The van der Waals surface area contributed by atoms with Crippen LogP contribution in [0.1, 0.15) is 32.4 Å². The average molecular weight is 305 g/mol. The van der Waals surface area contributed by atoms with Crippen LogP contribution >= 0.6 is 0 Å². The molecule has 0 aliphatic carbocycles. The lowest BCUT2D eigenvalue weighted by Gasteiger charge is -2.27. The summed E-state index contributed by atoms with van der Waals surface area (Å²) in [6.07, 6.45) is -4.55. The van der Waals surface area contributed by atoms with Crippen molar-refractivity contribution in [1.82, 2.24) is 4.72 Å². The minimum absolute atomic E-state index is 0.382. The summed E-state index contributed by atoms with van der Waals surface area (Å²) in [7, 11) is -1.63. The maximum Gasteiger partial charge on any atom is 0.413 e. The van der Waals surface area contributed by atoms with Crippen LogP contribution in [-0.4, -0.2) is 15.1 Å². The molecule has 6 heteroatoms. The minimum atomic E-state index is -4.55. The zero-order valence-corrected chi connectivity index (χ0v) is 12.4. The third-order valence-corrected chi connectivity index (χ3v) is 4.19. The van der Waals surface area contributed by atoms with Crippen LogP contribution in [0.15, 0.2) is 42.5 Å². The first-order valence-corrected chi connectivity index (χ1v) is 7.17. The maximum absolute atomic E-state index is 12.9. The first kappa shape index (κ1) is 16.9. The summed E-state index contributed by atoms with van der Waals surface area (Å²) in [5.74, 6) is 0. The summed E-state index contributed by atoms with van der Waals surface area (Å²) < 4.78 is 52.6. The van der Waals surface area contributed by atoms with Crippen LogP contribution in [0.4, 0.5) is 13.2 Å². The van der Waals surface area contributed by atoms with Gasteiger partial charge in [-0.25, -0.2) is 8.93 Å². The van der Waals surface area contributed by atoms with E-state index in [0.717, 1.165) is 0 Å². The molecule has 0 saturated heterocycles. The number of rotatable bonds is 4. The molecule has 0 saturated carbocycles. The fourth-order valence-corrected chi connectivity index (χ4v) is 2.28. The van der Waals surface area contributed by atoms with Gasteiger partial charge in [0.15, 0.2) is 0 Å². The molecule has 1 aromatic carbocycles. The molecule has 0 heterocycles. The molecule has 2 nitrogen and oxygen atoms in total. The lowest BCUT2D eigenvalue weighted by atomic mass is 10.0. The Labute approximate surface area is 119 Å². The van der Waals surface area contributed by atoms with E-state index in [-0.39, 0.29) is 0 Å². The highest BCUT2D eigenvalue weighted by molar-refractivity contribution is 7.84. The first-order valence-electron chi connectivity index (χ1n) is 6.02. The summed E-state index contributed by atoms with van der Waals surface area (Å²) in [5, 5.41) is 0. The fourth-order valence-electron chi connectivity index (χ4n) is 1.43. The van der Waals surface area contributed by atoms with Gasteiger partial charge in [0.2, 0.25) is 0 Å². The predicted molar refractivity (Wildman–Crippen MR) is 75.4 cm³/mol. The summed E-state index contributed by atoms with van der Waals surface area (Å²) in [4.78, 5) is 0. The van der Waals surface area contributed by atoms with Gasteiger partial charge in [0.05, 0.1) is 21.8 Å². The van der Waals surface area contributed by atoms with Gasteiger partial charge >= 0.3 is 6.18 Å². The molecule has 2 atom stereocenters. The molecule has 0 aromatic heterocycles. The molecule has 20 heavy (non-hydrogen) atoms. The van der Waals surface area contributed by atoms with Gasteiger partial charge in [0.25, 0.3) is 0 Å². The largest absolute Gasteiger partial charge is 0.413 e. The molecule has 1 unspecified atom stereocenters. The molecule has 112 valence electrons. The fraction of sp³-hybridized carbons (Fsp3) is 0.429. The molecule has 0 amide bonds. The SMILES string of the molecule is C=C([C@H](NS(=O)C(C)(C)C)c1ccccc1)C(F)(F)F. The molecule has 0 aliphatic rings. The molecule has 1 aromatic rings. The van der Waals surface area contributed by atoms with Gasteiger partial charge in [0, 0.05) is 5.57 Å². The van der Waals surface area contributed by atoms with Crippen LogP contribution in [0.25, 0.3) is 0 Å². The van der Waals surface area contributed by atoms with Gasteiger partial charge in [-0.1, -0.05) is 36.9 Å². The van der Waals surface area contributed by atoms with E-state index in [1.54, 1.807) is 51.1 Å². The number of halogens is 3. The molecule has 0 aliphatic heterocycles. The van der Waals surface area contributed by atoms with Crippen LogP contribution in [-0.2, 0) is 11.0 Å². The van der Waals surface area contributed by atoms with Crippen molar-refractivity contribution < 1.29 is 17.4 Å². The first-order chi connectivity index (χ1) is 9.03. The van der Waals surface area contributed by atoms with E-state index in [1.807, 2.05) is 0 Å². The second-order valence-electron chi connectivity index (χ2n) is 5.37. The summed E-state index contributed by atoms with van der Waals surface area (Å²) in [6.45, 7) is 8.18. The third kappa shape index (κ3) is 4.45. The highest BCUT2D eigenvalue weighted by Crippen LogP contribution is 2.35. The molecule has 1 rings (SSSR count). The number of hydrogen-bond donors (Lipinski definition) is 1. The number of benzene rings is 1. The van der Waals surface area contributed by atoms with Crippen LogP contribution in [0.5, 0.6) is 0 Å². The third-order valence-electron chi connectivity index (χ3n) is 2.63. The van der Waals surface area contributed by atoms with Crippen LogP contribution in [0.3, 0.4) is 0 Å². The van der Waals surface area contributed by atoms with Crippen molar-refractivity contribution >= 4 is 11.0 Å². The van der Waals surface area contributed by atoms with Crippen LogP contribution in [0, 0.1) is 0 Å². The Morgan fingerprint density at radius 1 is 1.20 bits per heavy atom.